The van der Waals surface area contributed by atoms with Crippen molar-refractivity contribution in [1.82, 2.24) is 0 Å². The van der Waals surface area contributed by atoms with Crippen molar-refractivity contribution >= 4 is 17.3 Å². The molecule has 4 heteroatoms. The van der Waals surface area contributed by atoms with Crippen LogP contribution in [-0.4, -0.2) is 13.0 Å². The van der Waals surface area contributed by atoms with Crippen LogP contribution in [0.15, 0.2) is 48.5 Å². The third-order valence-corrected chi connectivity index (χ3v) is 3.00. The number of hydrogen-bond donors (Lipinski definition) is 0. The largest absolute Gasteiger partial charge is 0.461 e. The lowest BCUT2D eigenvalue weighted by atomic mass is 10.1. The topological polar surface area (TPSA) is 29.5 Å². The number of esters is 1. The van der Waals surface area contributed by atoms with Crippen molar-refractivity contribution in [1.29, 1.82) is 0 Å². The molecule has 0 radical (unpaired) electrons. The molecule has 2 aromatic carbocycles. The summed E-state index contributed by atoms with van der Waals surface area (Å²) in [6.07, 6.45) is 0. The highest BCUT2D eigenvalue weighted by Crippen LogP contribution is 2.29. The van der Waals surface area contributed by atoms with E-state index >= 15 is 0 Å². The van der Waals surface area contributed by atoms with Gasteiger partial charge in [-0.15, -0.1) is 0 Å². The van der Waals surface area contributed by atoms with Crippen molar-refractivity contribution < 1.29 is 13.9 Å². The summed E-state index contributed by atoms with van der Waals surface area (Å²) in [6.45, 7) is 1.54. The van der Waals surface area contributed by atoms with Crippen LogP contribution in [0.3, 0.4) is 0 Å². The molecule has 0 bridgehead atoms. The van der Waals surface area contributed by atoms with Crippen molar-refractivity contribution in [2.75, 3.05) is 11.9 Å². The van der Waals surface area contributed by atoms with Crippen molar-refractivity contribution in [3.05, 3.63) is 59.9 Å². The Balaban J connectivity index is 2.32. The summed E-state index contributed by atoms with van der Waals surface area (Å²) >= 11 is 0. The van der Waals surface area contributed by atoms with E-state index in [1.807, 2.05) is 24.3 Å². The summed E-state index contributed by atoms with van der Waals surface area (Å²) in [7, 11) is 1.78. The average Bonchev–Trinajstić information content (AvgIpc) is 2.45. The first-order valence-electron chi connectivity index (χ1n) is 6.29. The minimum Gasteiger partial charge on any atom is -0.461 e. The summed E-state index contributed by atoms with van der Waals surface area (Å²) < 4.78 is 18.9. The van der Waals surface area contributed by atoms with Gasteiger partial charge in [-0.25, -0.2) is 4.39 Å². The number of ether oxygens (including phenoxy) is 1. The smallest absolute Gasteiger partial charge is 0.302 e. The van der Waals surface area contributed by atoms with Gasteiger partial charge in [0.25, 0.3) is 0 Å². The molecule has 104 valence electrons. The van der Waals surface area contributed by atoms with Crippen LogP contribution in [0.5, 0.6) is 0 Å². The lowest BCUT2D eigenvalue weighted by Gasteiger charge is -2.23. The number of para-hydroxylation sites is 2. The normalized spacial score (nSPS) is 10.2. The molecule has 2 rings (SSSR count). The zero-order chi connectivity index (χ0) is 14.5. The Bertz CT molecular complexity index is 613. The molecule has 0 spiro atoms. The van der Waals surface area contributed by atoms with Crippen LogP contribution in [-0.2, 0) is 16.1 Å². The molecule has 0 aliphatic rings. The monoisotopic (exact) mass is 273 g/mol. The van der Waals surface area contributed by atoms with E-state index in [9.17, 15) is 9.18 Å². The van der Waals surface area contributed by atoms with E-state index in [0.717, 1.165) is 11.3 Å². The fourth-order valence-electron chi connectivity index (χ4n) is 1.99. The molecule has 0 saturated heterocycles. The third kappa shape index (κ3) is 3.15. The van der Waals surface area contributed by atoms with Crippen molar-refractivity contribution in [2.24, 2.45) is 0 Å². The van der Waals surface area contributed by atoms with Gasteiger partial charge in [0, 0.05) is 25.2 Å². The van der Waals surface area contributed by atoms with Gasteiger partial charge >= 0.3 is 5.97 Å². The molecule has 0 N–H and O–H groups in total. The Morgan fingerprint density at radius 3 is 2.35 bits per heavy atom. The van der Waals surface area contributed by atoms with Gasteiger partial charge < -0.3 is 9.64 Å². The standard InChI is InChI=1S/C16H16FNO2/c1-12(19)20-11-13-7-3-5-9-15(13)18(2)16-10-6-4-8-14(16)17/h3-10H,11H2,1-2H3. The highest BCUT2D eigenvalue weighted by molar-refractivity contribution is 5.68. The highest BCUT2D eigenvalue weighted by Gasteiger charge is 2.12. The molecule has 2 aromatic rings. The molecule has 0 unspecified atom stereocenters. The van der Waals surface area contributed by atoms with Crippen LogP contribution in [0.25, 0.3) is 0 Å². The van der Waals surface area contributed by atoms with E-state index in [1.165, 1.54) is 13.0 Å². The number of nitrogens with zero attached hydrogens (tertiary/aromatic N) is 1. The van der Waals surface area contributed by atoms with Gasteiger partial charge in [0.05, 0.1) is 5.69 Å². The maximum absolute atomic E-state index is 13.8. The minimum atomic E-state index is -0.339. The van der Waals surface area contributed by atoms with Crippen LogP contribution in [0.2, 0.25) is 0 Å². The Labute approximate surface area is 117 Å². The van der Waals surface area contributed by atoms with Gasteiger partial charge in [0.1, 0.15) is 12.4 Å². The molecule has 20 heavy (non-hydrogen) atoms. The molecule has 3 nitrogen and oxygen atoms in total. The summed E-state index contributed by atoms with van der Waals surface area (Å²) in [5.74, 6) is -0.634. The van der Waals surface area contributed by atoms with Gasteiger partial charge in [-0.2, -0.15) is 0 Å². The molecule has 0 aromatic heterocycles. The predicted molar refractivity (Wildman–Crippen MR) is 76.4 cm³/mol. The van der Waals surface area contributed by atoms with E-state index in [2.05, 4.69) is 0 Å². The lowest BCUT2D eigenvalue weighted by Crippen LogP contribution is -2.14. The number of halogens is 1. The average molecular weight is 273 g/mol. The Kier molecular flexibility index (Phi) is 4.35. The number of carbonyl (C=O) groups excluding carboxylic acids is 1. The zero-order valence-corrected chi connectivity index (χ0v) is 11.5. The summed E-state index contributed by atoms with van der Waals surface area (Å²) in [6, 6.07) is 14.0. The highest BCUT2D eigenvalue weighted by atomic mass is 19.1. The quantitative estimate of drug-likeness (QED) is 0.796. The molecule has 0 aliphatic carbocycles. The summed E-state index contributed by atoms with van der Waals surface area (Å²) in [5.41, 5.74) is 2.11. The van der Waals surface area contributed by atoms with E-state index < -0.39 is 0 Å². The molecule has 0 fully saturated rings. The van der Waals surface area contributed by atoms with E-state index in [1.54, 1.807) is 30.1 Å². The summed E-state index contributed by atoms with van der Waals surface area (Å²) in [4.78, 5) is 12.7. The molecular formula is C16H16FNO2. The number of anilines is 2. The maximum Gasteiger partial charge on any atom is 0.302 e. The van der Waals surface area contributed by atoms with Gasteiger partial charge in [-0.3, -0.25) is 4.79 Å². The number of hydrogen-bond acceptors (Lipinski definition) is 3. The predicted octanol–water partition coefficient (Wildman–Crippen LogP) is 3.66. The number of carbonyl (C=O) groups is 1. The van der Waals surface area contributed by atoms with E-state index in [-0.39, 0.29) is 18.4 Å². The van der Waals surface area contributed by atoms with Crippen LogP contribution in [0.1, 0.15) is 12.5 Å². The van der Waals surface area contributed by atoms with Gasteiger partial charge in [0.2, 0.25) is 0 Å². The second-order valence-electron chi connectivity index (χ2n) is 4.42. The minimum absolute atomic E-state index is 0.171. The van der Waals surface area contributed by atoms with Crippen molar-refractivity contribution in [3.8, 4) is 0 Å². The molecule has 0 aliphatic heterocycles. The Morgan fingerprint density at radius 1 is 1.10 bits per heavy atom. The first-order chi connectivity index (χ1) is 9.59. The zero-order valence-electron chi connectivity index (χ0n) is 11.5. The van der Waals surface area contributed by atoms with Crippen LogP contribution in [0, 0.1) is 5.82 Å². The summed E-state index contributed by atoms with van der Waals surface area (Å²) in [5, 5.41) is 0. The second-order valence-corrected chi connectivity index (χ2v) is 4.42. The van der Waals surface area contributed by atoms with Crippen LogP contribution >= 0.6 is 0 Å². The van der Waals surface area contributed by atoms with Gasteiger partial charge in [-0.05, 0) is 18.2 Å². The van der Waals surface area contributed by atoms with Crippen molar-refractivity contribution in [3.63, 3.8) is 0 Å². The fourth-order valence-corrected chi connectivity index (χ4v) is 1.99. The Morgan fingerprint density at radius 2 is 1.70 bits per heavy atom. The maximum atomic E-state index is 13.8. The molecule has 0 amide bonds. The molecular weight excluding hydrogens is 257 g/mol. The Hall–Kier alpha value is -2.36. The van der Waals surface area contributed by atoms with Crippen molar-refractivity contribution in [2.45, 2.75) is 13.5 Å². The van der Waals surface area contributed by atoms with E-state index in [0.29, 0.717) is 5.69 Å². The second kappa shape index (κ2) is 6.19. The van der Waals surface area contributed by atoms with E-state index in [4.69, 9.17) is 4.74 Å². The SMILES string of the molecule is CC(=O)OCc1ccccc1N(C)c1ccccc1F. The first-order valence-corrected chi connectivity index (χ1v) is 6.29. The molecule has 0 saturated carbocycles. The lowest BCUT2D eigenvalue weighted by molar-refractivity contribution is -0.142. The first kappa shape index (κ1) is 14.1. The molecule has 0 atom stereocenters. The number of benzene rings is 2. The molecule has 0 heterocycles. The van der Waals surface area contributed by atoms with Crippen LogP contribution < -0.4 is 4.90 Å². The van der Waals surface area contributed by atoms with Gasteiger partial charge in [0.15, 0.2) is 0 Å². The van der Waals surface area contributed by atoms with Crippen LogP contribution in [0.4, 0.5) is 15.8 Å². The number of rotatable bonds is 4. The van der Waals surface area contributed by atoms with Gasteiger partial charge in [-0.1, -0.05) is 30.3 Å². The third-order valence-electron chi connectivity index (χ3n) is 3.00. The fraction of sp³-hybridized carbons (Fsp3) is 0.188.